The van der Waals surface area contributed by atoms with Crippen LogP contribution in [0, 0.1) is 6.92 Å². The summed E-state index contributed by atoms with van der Waals surface area (Å²) in [6.07, 6.45) is 6.80. The van der Waals surface area contributed by atoms with Crippen molar-refractivity contribution in [1.82, 2.24) is 0 Å². The van der Waals surface area contributed by atoms with E-state index in [0.717, 1.165) is 29.9 Å². The molecule has 0 radical (unpaired) electrons. The number of aryl methyl sites for hydroxylation is 2. The molecule has 0 saturated heterocycles. The van der Waals surface area contributed by atoms with Crippen molar-refractivity contribution in [2.45, 2.75) is 46.0 Å². The molecule has 0 heterocycles. The standard InChI is InChI=1S/C53H45N/c1-36-24-28-41(29-25-36)54(42-30-26-40(27-31-42)53(2,3)4)43-32-33-46-49(34-43)44-22-14-15-23-45(44)51-48(38-18-10-6-11-19-38)35-47(37-16-8-5-9-17-37)50(52(46)51)39-20-12-7-13-21-39/h5-13,15-21,23-35H,14,22H2,1-4H3. The first kappa shape index (κ1) is 33.6. The number of fused-ring (bicyclic) bond motifs is 6. The summed E-state index contributed by atoms with van der Waals surface area (Å²) in [7, 11) is 0. The number of hydrogen-bond donors (Lipinski definition) is 0. The van der Waals surface area contributed by atoms with Gasteiger partial charge in [0, 0.05) is 17.1 Å². The minimum atomic E-state index is 0.0808. The lowest BCUT2D eigenvalue weighted by molar-refractivity contribution is 0.590. The molecule has 262 valence electrons. The van der Waals surface area contributed by atoms with E-state index >= 15 is 0 Å². The lowest BCUT2D eigenvalue weighted by Gasteiger charge is -2.29. The van der Waals surface area contributed by atoms with Crippen molar-refractivity contribution in [3.05, 3.63) is 192 Å². The van der Waals surface area contributed by atoms with Crippen molar-refractivity contribution in [1.29, 1.82) is 0 Å². The molecular weight excluding hydrogens is 651 g/mol. The molecule has 0 amide bonds. The summed E-state index contributed by atoms with van der Waals surface area (Å²) >= 11 is 0. The Kier molecular flexibility index (Phi) is 8.51. The third kappa shape index (κ3) is 6.00. The summed E-state index contributed by atoms with van der Waals surface area (Å²) < 4.78 is 0. The van der Waals surface area contributed by atoms with Crippen LogP contribution in [0.25, 0.3) is 61.0 Å². The van der Waals surface area contributed by atoms with Gasteiger partial charge < -0.3 is 4.90 Å². The van der Waals surface area contributed by atoms with Gasteiger partial charge in [-0.05, 0) is 139 Å². The molecule has 0 aliphatic heterocycles. The minimum absolute atomic E-state index is 0.0808. The zero-order valence-electron chi connectivity index (χ0n) is 31.6. The second-order valence-electron chi connectivity index (χ2n) is 15.7. The molecule has 0 spiro atoms. The van der Waals surface area contributed by atoms with Crippen molar-refractivity contribution in [3.8, 4) is 33.4 Å². The maximum atomic E-state index is 2.47. The summed E-state index contributed by atoms with van der Waals surface area (Å²) in [6.45, 7) is 8.99. The third-order valence-electron chi connectivity index (χ3n) is 11.1. The summed E-state index contributed by atoms with van der Waals surface area (Å²) in [5.41, 5.74) is 16.4. The van der Waals surface area contributed by atoms with E-state index in [-0.39, 0.29) is 5.41 Å². The second kappa shape index (κ2) is 13.7. The van der Waals surface area contributed by atoms with Crippen LogP contribution in [-0.2, 0) is 11.8 Å². The molecule has 0 fully saturated rings. The van der Waals surface area contributed by atoms with Gasteiger partial charge in [0.2, 0.25) is 0 Å². The Morgan fingerprint density at radius 3 is 1.67 bits per heavy atom. The lowest BCUT2D eigenvalue weighted by atomic mass is 9.78. The Bertz CT molecular complexity index is 2640. The topological polar surface area (TPSA) is 3.24 Å². The van der Waals surface area contributed by atoms with Crippen LogP contribution in [-0.4, -0.2) is 0 Å². The van der Waals surface area contributed by atoms with Gasteiger partial charge in [-0.2, -0.15) is 0 Å². The van der Waals surface area contributed by atoms with Crippen molar-refractivity contribution >= 4 is 44.7 Å². The highest BCUT2D eigenvalue weighted by Gasteiger charge is 2.25. The Morgan fingerprint density at radius 2 is 1.06 bits per heavy atom. The molecule has 0 saturated carbocycles. The average molecular weight is 696 g/mol. The van der Waals surface area contributed by atoms with Gasteiger partial charge in [0.25, 0.3) is 0 Å². The number of anilines is 3. The predicted octanol–water partition coefficient (Wildman–Crippen LogP) is 15.0. The Balaban J connectivity index is 1.40. The van der Waals surface area contributed by atoms with Gasteiger partial charge in [0.1, 0.15) is 0 Å². The summed E-state index contributed by atoms with van der Waals surface area (Å²) in [5, 5.41) is 5.26. The fraction of sp³-hybridized carbons (Fsp3) is 0.132. The third-order valence-corrected chi connectivity index (χ3v) is 11.1. The first-order valence-electron chi connectivity index (χ1n) is 19.2. The first-order valence-corrected chi connectivity index (χ1v) is 19.2. The molecule has 54 heavy (non-hydrogen) atoms. The number of rotatable bonds is 6. The molecule has 1 aliphatic rings. The number of hydrogen-bond acceptors (Lipinski definition) is 1. The summed E-state index contributed by atoms with van der Waals surface area (Å²) in [4.78, 5) is 2.43. The first-order chi connectivity index (χ1) is 26.3. The maximum absolute atomic E-state index is 2.47. The van der Waals surface area contributed by atoms with Gasteiger partial charge in [-0.15, -0.1) is 0 Å². The molecule has 0 N–H and O–H groups in total. The molecule has 0 atom stereocenters. The number of nitrogens with zero attached hydrogens (tertiary/aromatic N) is 1. The molecule has 0 bridgehead atoms. The normalized spacial score (nSPS) is 12.6. The van der Waals surface area contributed by atoms with E-state index in [1.54, 1.807) is 0 Å². The van der Waals surface area contributed by atoms with Crippen LogP contribution in [0.5, 0.6) is 0 Å². The number of allylic oxidation sites excluding steroid dienone is 1. The average Bonchev–Trinajstić information content (AvgIpc) is 3.22. The van der Waals surface area contributed by atoms with Gasteiger partial charge in [0.05, 0.1) is 0 Å². The van der Waals surface area contributed by atoms with E-state index in [1.165, 1.54) is 77.2 Å². The van der Waals surface area contributed by atoms with Gasteiger partial charge in [0.15, 0.2) is 0 Å². The van der Waals surface area contributed by atoms with E-state index in [2.05, 4.69) is 209 Å². The Labute approximate surface area is 319 Å². The molecule has 8 aromatic rings. The fourth-order valence-corrected chi connectivity index (χ4v) is 8.40. The second-order valence-corrected chi connectivity index (χ2v) is 15.7. The van der Waals surface area contributed by atoms with E-state index in [1.807, 2.05) is 0 Å². The quantitative estimate of drug-likeness (QED) is 0.157. The molecule has 8 aromatic carbocycles. The smallest absolute Gasteiger partial charge is 0.0468 e. The van der Waals surface area contributed by atoms with Crippen LogP contribution >= 0.6 is 0 Å². The molecule has 0 aromatic heterocycles. The lowest BCUT2D eigenvalue weighted by Crippen LogP contribution is -2.13. The SMILES string of the molecule is Cc1ccc(N(c2ccc(C(C)(C)C)cc2)c2ccc3c(c2)c2c(c4c(-c5ccccc5)cc(-c5ccccc5)c(-c5ccccc5)c43)C=CCC2)cc1. The maximum Gasteiger partial charge on any atom is 0.0468 e. The van der Waals surface area contributed by atoms with Crippen LogP contribution < -0.4 is 4.90 Å². The highest BCUT2D eigenvalue weighted by atomic mass is 15.1. The molecule has 1 nitrogen and oxygen atoms in total. The Morgan fingerprint density at radius 1 is 0.500 bits per heavy atom. The molecular formula is C53H45N. The summed E-state index contributed by atoms with van der Waals surface area (Å²) in [5.74, 6) is 0. The van der Waals surface area contributed by atoms with Crippen molar-refractivity contribution in [2.75, 3.05) is 4.90 Å². The van der Waals surface area contributed by atoms with Gasteiger partial charge >= 0.3 is 0 Å². The van der Waals surface area contributed by atoms with Crippen LogP contribution in [0.2, 0.25) is 0 Å². The Hall–Kier alpha value is -6.18. The zero-order chi connectivity index (χ0) is 36.8. The van der Waals surface area contributed by atoms with Crippen LogP contribution in [0.4, 0.5) is 17.1 Å². The van der Waals surface area contributed by atoms with Crippen LogP contribution in [0.15, 0.2) is 170 Å². The van der Waals surface area contributed by atoms with Gasteiger partial charge in [-0.25, -0.2) is 0 Å². The van der Waals surface area contributed by atoms with Crippen molar-refractivity contribution in [2.24, 2.45) is 0 Å². The van der Waals surface area contributed by atoms with Crippen molar-refractivity contribution in [3.63, 3.8) is 0 Å². The number of benzene rings is 8. The molecule has 1 aliphatic carbocycles. The van der Waals surface area contributed by atoms with Crippen LogP contribution in [0.3, 0.4) is 0 Å². The van der Waals surface area contributed by atoms with E-state index < -0.39 is 0 Å². The largest absolute Gasteiger partial charge is 0.310 e. The van der Waals surface area contributed by atoms with Gasteiger partial charge in [-0.3, -0.25) is 0 Å². The minimum Gasteiger partial charge on any atom is -0.310 e. The zero-order valence-corrected chi connectivity index (χ0v) is 31.6. The van der Waals surface area contributed by atoms with Crippen molar-refractivity contribution < 1.29 is 0 Å². The molecule has 9 rings (SSSR count). The van der Waals surface area contributed by atoms with Gasteiger partial charge in [-0.1, -0.05) is 160 Å². The predicted molar refractivity (Wildman–Crippen MR) is 233 cm³/mol. The monoisotopic (exact) mass is 695 g/mol. The van der Waals surface area contributed by atoms with Crippen LogP contribution in [0.1, 0.15) is 49.4 Å². The molecule has 0 unspecified atom stereocenters. The van der Waals surface area contributed by atoms with E-state index in [4.69, 9.17) is 0 Å². The summed E-state index contributed by atoms with van der Waals surface area (Å²) in [6, 6.07) is 60.7. The van der Waals surface area contributed by atoms with E-state index in [0.29, 0.717) is 0 Å². The highest BCUT2D eigenvalue weighted by molar-refractivity contribution is 6.25. The highest BCUT2D eigenvalue weighted by Crippen LogP contribution is 2.50. The van der Waals surface area contributed by atoms with E-state index in [9.17, 15) is 0 Å². The fourth-order valence-electron chi connectivity index (χ4n) is 8.40. The molecule has 1 heteroatoms.